The van der Waals surface area contributed by atoms with Crippen molar-refractivity contribution in [1.82, 2.24) is 0 Å². The average Bonchev–Trinajstić information content (AvgIpc) is 2.03. The molecule has 0 radical (unpaired) electrons. The van der Waals surface area contributed by atoms with Crippen LogP contribution in [0.25, 0.3) is 6.08 Å². The first-order valence-corrected chi connectivity index (χ1v) is 3.97. The van der Waals surface area contributed by atoms with Gasteiger partial charge in [0.25, 0.3) is 0 Å². The highest BCUT2D eigenvalue weighted by Gasteiger charge is 1.92. The molecule has 12 heavy (non-hydrogen) atoms. The van der Waals surface area contributed by atoms with Gasteiger partial charge in [-0.05, 0) is 30.2 Å². The summed E-state index contributed by atoms with van der Waals surface area (Å²) in [4.78, 5) is 0. The Bertz CT molecular complexity index is 290. The van der Waals surface area contributed by atoms with Crippen molar-refractivity contribution in [2.45, 2.75) is 6.92 Å². The molecule has 0 aliphatic carbocycles. The molecule has 1 aromatic rings. The van der Waals surface area contributed by atoms with Gasteiger partial charge in [0.05, 0.1) is 0 Å². The molecule has 64 valence electrons. The average molecular weight is 162 g/mol. The smallest absolute Gasteiger partial charge is 0.0317 e. The van der Waals surface area contributed by atoms with Crippen LogP contribution in [0.1, 0.15) is 11.1 Å². The van der Waals surface area contributed by atoms with Crippen molar-refractivity contribution in [3.05, 3.63) is 35.4 Å². The monoisotopic (exact) mass is 162 g/mol. The van der Waals surface area contributed by atoms with Gasteiger partial charge in [-0.2, -0.15) is 0 Å². The van der Waals surface area contributed by atoms with E-state index in [4.69, 9.17) is 11.5 Å². The summed E-state index contributed by atoms with van der Waals surface area (Å²) >= 11 is 0. The summed E-state index contributed by atoms with van der Waals surface area (Å²) in [5, 5.41) is 0. The maximum Gasteiger partial charge on any atom is 0.0317 e. The van der Waals surface area contributed by atoms with Crippen LogP contribution in [0.2, 0.25) is 0 Å². The number of benzene rings is 1. The summed E-state index contributed by atoms with van der Waals surface area (Å²) in [6.45, 7) is 2.61. The summed E-state index contributed by atoms with van der Waals surface area (Å²) in [6.07, 6.45) is 3.94. The molecule has 0 fully saturated rings. The van der Waals surface area contributed by atoms with E-state index < -0.39 is 0 Å². The first-order chi connectivity index (χ1) is 5.74. The third-order valence-corrected chi connectivity index (χ3v) is 1.73. The van der Waals surface area contributed by atoms with Crippen LogP contribution in [0.15, 0.2) is 24.3 Å². The second-order valence-corrected chi connectivity index (χ2v) is 2.75. The minimum Gasteiger partial charge on any atom is -0.399 e. The quantitative estimate of drug-likeness (QED) is 0.648. The Morgan fingerprint density at radius 3 is 2.75 bits per heavy atom. The first-order valence-electron chi connectivity index (χ1n) is 3.97. The van der Waals surface area contributed by atoms with Gasteiger partial charge in [-0.25, -0.2) is 0 Å². The van der Waals surface area contributed by atoms with Crippen LogP contribution in [-0.2, 0) is 0 Å². The number of hydrogen-bond acceptors (Lipinski definition) is 2. The summed E-state index contributed by atoms with van der Waals surface area (Å²) in [5.41, 5.74) is 14.1. The Labute approximate surface area is 72.9 Å². The number of nitrogen functional groups attached to an aromatic ring is 1. The van der Waals surface area contributed by atoms with Crippen LogP contribution < -0.4 is 11.5 Å². The summed E-state index contributed by atoms with van der Waals surface area (Å²) < 4.78 is 0. The molecule has 0 bridgehead atoms. The van der Waals surface area contributed by atoms with Gasteiger partial charge in [-0.3, -0.25) is 0 Å². The van der Waals surface area contributed by atoms with Crippen LogP contribution in [0.5, 0.6) is 0 Å². The molecular formula is C10H14N2. The normalized spacial score (nSPS) is 10.8. The molecule has 0 saturated heterocycles. The molecule has 1 rings (SSSR count). The van der Waals surface area contributed by atoms with Crippen molar-refractivity contribution in [1.29, 1.82) is 0 Å². The lowest BCUT2D eigenvalue weighted by Gasteiger charge is -2.00. The molecular weight excluding hydrogens is 148 g/mol. The van der Waals surface area contributed by atoms with Crippen molar-refractivity contribution in [2.24, 2.45) is 5.73 Å². The van der Waals surface area contributed by atoms with Crippen molar-refractivity contribution >= 4 is 11.8 Å². The van der Waals surface area contributed by atoms with Crippen LogP contribution >= 0.6 is 0 Å². The van der Waals surface area contributed by atoms with E-state index in [1.165, 1.54) is 11.1 Å². The van der Waals surface area contributed by atoms with E-state index in [2.05, 4.69) is 0 Å². The molecule has 1 aromatic carbocycles. The van der Waals surface area contributed by atoms with Gasteiger partial charge in [-0.1, -0.05) is 18.2 Å². The predicted octanol–water partition coefficient (Wildman–Crippen LogP) is 1.55. The van der Waals surface area contributed by atoms with Gasteiger partial charge in [0.2, 0.25) is 0 Å². The van der Waals surface area contributed by atoms with Crippen molar-refractivity contribution in [3.8, 4) is 0 Å². The number of hydrogen-bond donors (Lipinski definition) is 2. The van der Waals surface area contributed by atoms with Crippen LogP contribution in [0.3, 0.4) is 0 Å². The van der Waals surface area contributed by atoms with Gasteiger partial charge in [0, 0.05) is 12.2 Å². The van der Waals surface area contributed by atoms with E-state index in [0.29, 0.717) is 6.54 Å². The highest BCUT2D eigenvalue weighted by atomic mass is 14.5. The van der Waals surface area contributed by atoms with Crippen LogP contribution in [-0.4, -0.2) is 6.54 Å². The van der Waals surface area contributed by atoms with E-state index in [-0.39, 0.29) is 0 Å². The van der Waals surface area contributed by atoms with E-state index >= 15 is 0 Å². The zero-order valence-electron chi connectivity index (χ0n) is 7.25. The number of rotatable bonds is 2. The molecule has 0 heterocycles. The molecule has 0 aliphatic rings. The first kappa shape index (κ1) is 8.81. The van der Waals surface area contributed by atoms with Crippen molar-refractivity contribution in [3.63, 3.8) is 0 Å². The molecule has 2 heteroatoms. The topological polar surface area (TPSA) is 52.0 Å². The van der Waals surface area contributed by atoms with Gasteiger partial charge in [-0.15, -0.1) is 0 Å². The lowest BCUT2D eigenvalue weighted by atomic mass is 10.1. The Kier molecular flexibility index (Phi) is 2.88. The molecule has 0 spiro atoms. The minimum atomic E-state index is 0.573. The SMILES string of the molecule is Cc1cc(N)ccc1C=CCN. The molecule has 0 aromatic heterocycles. The molecule has 2 nitrogen and oxygen atoms in total. The third kappa shape index (κ3) is 2.10. The zero-order valence-corrected chi connectivity index (χ0v) is 7.25. The zero-order chi connectivity index (χ0) is 8.97. The fourth-order valence-electron chi connectivity index (χ4n) is 1.08. The Morgan fingerprint density at radius 2 is 2.17 bits per heavy atom. The Balaban J connectivity index is 2.94. The lowest BCUT2D eigenvalue weighted by Crippen LogP contribution is -1.93. The second kappa shape index (κ2) is 3.93. The fraction of sp³-hybridized carbons (Fsp3) is 0.200. The Hall–Kier alpha value is -1.28. The predicted molar refractivity (Wildman–Crippen MR) is 53.7 cm³/mol. The maximum atomic E-state index is 5.61. The molecule has 0 amide bonds. The summed E-state index contributed by atoms with van der Waals surface area (Å²) in [5.74, 6) is 0. The highest BCUT2D eigenvalue weighted by Crippen LogP contribution is 2.13. The number of nitrogens with two attached hydrogens (primary N) is 2. The standard InChI is InChI=1S/C10H14N2/c1-8-7-10(12)5-4-9(8)3-2-6-11/h2-5,7H,6,11-12H2,1H3. The number of aryl methyl sites for hydroxylation is 1. The van der Waals surface area contributed by atoms with E-state index in [0.717, 1.165) is 5.69 Å². The molecule has 0 saturated carbocycles. The van der Waals surface area contributed by atoms with E-state index in [1.54, 1.807) is 0 Å². The molecule has 0 aliphatic heterocycles. The van der Waals surface area contributed by atoms with Crippen molar-refractivity contribution in [2.75, 3.05) is 12.3 Å². The van der Waals surface area contributed by atoms with Crippen LogP contribution in [0, 0.1) is 6.92 Å². The van der Waals surface area contributed by atoms with E-state index in [1.807, 2.05) is 37.3 Å². The van der Waals surface area contributed by atoms with Gasteiger partial charge in [0.1, 0.15) is 0 Å². The largest absolute Gasteiger partial charge is 0.399 e. The molecule has 0 atom stereocenters. The molecule has 4 N–H and O–H groups in total. The van der Waals surface area contributed by atoms with Gasteiger partial charge in [0.15, 0.2) is 0 Å². The fourth-order valence-corrected chi connectivity index (χ4v) is 1.08. The third-order valence-electron chi connectivity index (χ3n) is 1.73. The summed E-state index contributed by atoms with van der Waals surface area (Å²) in [6, 6.07) is 5.84. The minimum absolute atomic E-state index is 0.573. The number of anilines is 1. The lowest BCUT2D eigenvalue weighted by molar-refractivity contribution is 1.26. The maximum absolute atomic E-state index is 5.61. The summed E-state index contributed by atoms with van der Waals surface area (Å²) in [7, 11) is 0. The van der Waals surface area contributed by atoms with Gasteiger partial charge < -0.3 is 11.5 Å². The van der Waals surface area contributed by atoms with E-state index in [9.17, 15) is 0 Å². The molecule has 0 unspecified atom stereocenters. The van der Waals surface area contributed by atoms with Gasteiger partial charge >= 0.3 is 0 Å². The van der Waals surface area contributed by atoms with Crippen LogP contribution in [0.4, 0.5) is 5.69 Å². The highest BCUT2D eigenvalue weighted by molar-refractivity contribution is 5.57. The Morgan fingerprint density at radius 1 is 1.42 bits per heavy atom. The second-order valence-electron chi connectivity index (χ2n) is 2.75. The van der Waals surface area contributed by atoms with Crippen molar-refractivity contribution < 1.29 is 0 Å².